The van der Waals surface area contributed by atoms with Crippen molar-refractivity contribution in [1.82, 2.24) is 0 Å². The van der Waals surface area contributed by atoms with Gasteiger partial charge in [0.05, 0.1) is 12.3 Å². The zero-order valence-electron chi connectivity index (χ0n) is 12.2. The van der Waals surface area contributed by atoms with Gasteiger partial charge in [-0.15, -0.1) is 0 Å². The van der Waals surface area contributed by atoms with Gasteiger partial charge in [-0.3, -0.25) is 4.79 Å². The van der Waals surface area contributed by atoms with Crippen LogP contribution in [-0.2, 0) is 4.79 Å². The van der Waals surface area contributed by atoms with E-state index in [4.69, 9.17) is 4.74 Å². The molecule has 1 aliphatic heterocycles. The van der Waals surface area contributed by atoms with Crippen LogP contribution < -0.4 is 9.64 Å². The maximum atomic E-state index is 12.1. The lowest BCUT2D eigenvalue weighted by Crippen LogP contribution is -2.24. The van der Waals surface area contributed by atoms with E-state index in [9.17, 15) is 4.79 Å². The van der Waals surface area contributed by atoms with E-state index < -0.39 is 0 Å². The van der Waals surface area contributed by atoms with Gasteiger partial charge < -0.3 is 9.64 Å². The Morgan fingerprint density at radius 3 is 2.62 bits per heavy atom. The highest BCUT2D eigenvalue weighted by Gasteiger charge is 2.24. The molecule has 1 heterocycles. The van der Waals surface area contributed by atoms with Gasteiger partial charge in [0.15, 0.2) is 0 Å². The van der Waals surface area contributed by atoms with Crippen molar-refractivity contribution in [3.05, 3.63) is 48.5 Å². The number of hydrogen-bond donors (Lipinski definition) is 0. The molecule has 3 nitrogen and oxygen atoms in total. The predicted octanol–water partition coefficient (Wildman–Crippen LogP) is 3.88. The van der Waals surface area contributed by atoms with E-state index in [-0.39, 0.29) is 5.91 Å². The lowest BCUT2D eigenvalue weighted by atomic mass is 10.0. The second kappa shape index (κ2) is 6.00. The van der Waals surface area contributed by atoms with E-state index in [1.54, 1.807) is 0 Å². The smallest absolute Gasteiger partial charge is 0.227 e. The fraction of sp³-hybridized carbons (Fsp3) is 0.278. The first kappa shape index (κ1) is 13.7. The number of carbonyl (C=O) groups excluding carboxylic acids is 1. The molecule has 1 saturated heterocycles. The monoisotopic (exact) mass is 281 g/mol. The third-order valence-electron chi connectivity index (χ3n) is 3.73. The van der Waals surface area contributed by atoms with Gasteiger partial charge in [-0.2, -0.15) is 0 Å². The molecule has 21 heavy (non-hydrogen) atoms. The van der Waals surface area contributed by atoms with E-state index in [0.29, 0.717) is 13.0 Å². The summed E-state index contributed by atoms with van der Waals surface area (Å²) in [6, 6.07) is 16.1. The predicted molar refractivity (Wildman–Crippen MR) is 84.6 cm³/mol. The molecule has 0 N–H and O–H groups in total. The SMILES string of the molecule is CCOc1ccc(N2CCCC2=O)c(-c2ccccc2)c1. The van der Waals surface area contributed by atoms with Crippen molar-refractivity contribution in [3.8, 4) is 16.9 Å². The van der Waals surface area contributed by atoms with Gasteiger partial charge in [0.25, 0.3) is 0 Å². The number of benzene rings is 2. The first-order valence-electron chi connectivity index (χ1n) is 7.42. The molecule has 0 spiro atoms. The minimum Gasteiger partial charge on any atom is -0.494 e. The second-order valence-corrected chi connectivity index (χ2v) is 5.13. The topological polar surface area (TPSA) is 29.5 Å². The lowest BCUT2D eigenvalue weighted by molar-refractivity contribution is -0.117. The Hall–Kier alpha value is -2.29. The van der Waals surface area contributed by atoms with Crippen LogP contribution in [0, 0.1) is 0 Å². The molecule has 1 amide bonds. The quantitative estimate of drug-likeness (QED) is 0.851. The molecule has 0 bridgehead atoms. The Balaban J connectivity index is 2.08. The van der Waals surface area contributed by atoms with Crippen LogP contribution in [0.2, 0.25) is 0 Å². The molecular formula is C18H19NO2. The van der Waals surface area contributed by atoms with E-state index in [2.05, 4.69) is 12.1 Å². The molecular weight excluding hydrogens is 262 g/mol. The number of carbonyl (C=O) groups is 1. The number of ether oxygens (including phenoxy) is 1. The summed E-state index contributed by atoms with van der Waals surface area (Å²) in [6.45, 7) is 3.41. The molecule has 0 aromatic heterocycles. The van der Waals surface area contributed by atoms with E-state index >= 15 is 0 Å². The Morgan fingerprint density at radius 2 is 1.95 bits per heavy atom. The Bertz CT molecular complexity index is 637. The van der Waals surface area contributed by atoms with Crippen molar-refractivity contribution >= 4 is 11.6 Å². The summed E-state index contributed by atoms with van der Waals surface area (Å²) < 4.78 is 5.61. The fourth-order valence-electron chi connectivity index (χ4n) is 2.76. The summed E-state index contributed by atoms with van der Waals surface area (Å²) in [7, 11) is 0. The molecule has 0 radical (unpaired) electrons. The molecule has 0 saturated carbocycles. The maximum Gasteiger partial charge on any atom is 0.227 e. The van der Waals surface area contributed by atoms with E-state index in [1.807, 2.05) is 48.2 Å². The maximum absolute atomic E-state index is 12.1. The first-order valence-corrected chi connectivity index (χ1v) is 7.42. The standard InChI is InChI=1S/C18H19NO2/c1-2-21-15-10-11-17(19-12-6-9-18(19)20)16(13-15)14-7-4-3-5-8-14/h3-5,7-8,10-11,13H,2,6,9,12H2,1H3. The largest absolute Gasteiger partial charge is 0.494 e. The summed E-state index contributed by atoms with van der Waals surface area (Å²) in [5, 5.41) is 0. The molecule has 2 aromatic carbocycles. The van der Waals surface area contributed by atoms with Crippen molar-refractivity contribution in [1.29, 1.82) is 0 Å². The van der Waals surface area contributed by atoms with Crippen molar-refractivity contribution in [2.75, 3.05) is 18.1 Å². The summed E-state index contributed by atoms with van der Waals surface area (Å²) in [6.07, 6.45) is 1.57. The molecule has 3 heteroatoms. The summed E-state index contributed by atoms with van der Waals surface area (Å²) >= 11 is 0. The van der Waals surface area contributed by atoms with Gasteiger partial charge >= 0.3 is 0 Å². The van der Waals surface area contributed by atoms with Crippen molar-refractivity contribution in [3.63, 3.8) is 0 Å². The number of hydrogen-bond acceptors (Lipinski definition) is 2. The number of anilines is 1. The van der Waals surface area contributed by atoms with Crippen LogP contribution >= 0.6 is 0 Å². The highest BCUT2D eigenvalue weighted by Crippen LogP contribution is 2.36. The molecule has 0 aliphatic carbocycles. The summed E-state index contributed by atoms with van der Waals surface area (Å²) in [5.41, 5.74) is 3.14. The molecule has 0 atom stereocenters. The molecule has 2 aromatic rings. The minimum absolute atomic E-state index is 0.205. The van der Waals surface area contributed by atoms with Crippen LogP contribution in [0.3, 0.4) is 0 Å². The van der Waals surface area contributed by atoms with Crippen molar-refractivity contribution in [2.45, 2.75) is 19.8 Å². The van der Waals surface area contributed by atoms with Gasteiger partial charge in [0.1, 0.15) is 5.75 Å². The van der Waals surface area contributed by atoms with Crippen LogP contribution in [0.25, 0.3) is 11.1 Å². The normalized spacial score (nSPS) is 14.5. The highest BCUT2D eigenvalue weighted by molar-refractivity contribution is 5.99. The van der Waals surface area contributed by atoms with Crippen LogP contribution in [0.5, 0.6) is 5.75 Å². The number of rotatable bonds is 4. The highest BCUT2D eigenvalue weighted by atomic mass is 16.5. The lowest BCUT2D eigenvalue weighted by Gasteiger charge is -2.21. The Morgan fingerprint density at radius 1 is 1.14 bits per heavy atom. The third kappa shape index (κ3) is 2.77. The summed E-state index contributed by atoms with van der Waals surface area (Å²) in [5.74, 6) is 1.04. The molecule has 1 aliphatic rings. The Labute approximate surface area is 125 Å². The molecule has 3 rings (SSSR count). The van der Waals surface area contributed by atoms with Crippen LogP contribution in [0.4, 0.5) is 5.69 Å². The van der Waals surface area contributed by atoms with Gasteiger partial charge in [0, 0.05) is 18.5 Å². The van der Waals surface area contributed by atoms with Gasteiger partial charge in [-0.25, -0.2) is 0 Å². The van der Waals surface area contributed by atoms with Gasteiger partial charge in [0.2, 0.25) is 5.91 Å². The molecule has 0 unspecified atom stereocenters. The second-order valence-electron chi connectivity index (χ2n) is 5.13. The van der Waals surface area contributed by atoms with E-state index in [0.717, 1.165) is 35.5 Å². The minimum atomic E-state index is 0.205. The van der Waals surface area contributed by atoms with Gasteiger partial charge in [-0.05, 0) is 37.1 Å². The molecule has 1 fully saturated rings. The average molecular weight is 281 g/mol. The third-order valence-corrected chi connectivity index (χ3v) is 3.73. The average Bonchev–Trinajstić information content (AvgIpc) is 2.94. The number of nitrogens with zero attached hydrogens (tertiary/aromatic N) is 1. The van der Waals surface area contributed by atoms with Crippen molar-refractivity contribution < 1.29 is 9.53 Å². The number of amides is 1. The zero-order chi connectivity index (χ0) is 14.7. The first-order chi connectivity index (χ1) is 10.3. The van der Waals surface area contributed by atoms with Crippen LogP contribution in [0.1, 0.15) is 19.8 Å². The summed E-state index contributed by atoms with van der Waals surface area (Å²) in [4.78, 5) is 14.0. The zero-order valence-corrected chi connectivity index (χ0v) is 12.2. The Kier molecular flexibility index (Phi) is 3.91. The fourth-order valence-corrected chi connectivity index (χ4v) is 2.76. The molecule has 108 valence electrons. The van der Waals surface area contributed by atoms with Crippen LogP contribution in [-0.4, -0.2) is 19.1 Å². The van der Waals surface area contributed by atoms with E-state index in [1.165, 1.54) is 0 Å². The van der Waals surface area contributed by atoms with Crippen molar-refractivity contribution in [2.24, 2.45) is 0 Å². The van der Waals surface area contributed by atoms with Crippen LogP contribution in [0.15, 0.2) is 48.5 Å². The van der Waals surface area contributed by atoms with Gasteiger partial charge in [-0.1, -0.05) is 30.3 Å².